The van der Waals surface area contributed by atoms with Gasteiger partial charge in [0.2, 0.25) is 0 Å². The van der Waals surface area contributed by atoms with E-state index in [0.29, 0.717) is 30.7 Å². The monoisotopic (exact) mass is 383 g/mol. The number of nitrogens with one attached hydrogen (secondary N) is 1. The summed E-state index contributed by atoms with van der Waals surface area (Å²) in [5.74, 6) is -1.46. The third-order valence-corrected chi connectivity index (χ3v) is 4.35. The third kappa shape index (κ3) is 4.75. The molecule has 1 heterocycles. The second-order valence-electron chi connectivity index (χ2n) is 6.30. The molecule has 1 atom stereocenters. The molecule has 1 aliphatic rings. The number of fused-ring (bicyclic) bond motifs is 1. The van der Waals surface area contributed by atoms with Crippen molar-refractivity contribution in [2.45, 2.75) is 12.5 Å². The van der Waals surface area contributed by atoms with Crippen molar-refractivity contribution >= 4 is 17.8 Å². The average Bonchev–Trinajstić information content (AvgIpc) is 2.72. The Morgan fingerprint density at radius 2 is 1.96 bits per heavy atom. The van der Waals surface area contributed by atoms with Crippen molar-refractivity contribution < 1.29 is 28.6 Å². The van der Waals surface area contributed by atoms with E-state index < -0.39 is 23.9 Å². The maximum Gasteiger partial charge on any atom is 0.339 e. The van der Waals surface area contributed by atoms with Gasteiger partial charge in [-0.15, -0.1) is 0 Å². The van der Waals surface area contributed by atoms with E-state index in [-0.39, 0.29) is 12.2 Å². The molecule has 0 unspecified atom stereocenters. The number of methoxy groups -OCH3 is 1. The zero-order valence-corrected chi connectivity index (χ0v) is 15.5. The van der Waals surface area contributed by atoms with Crippen molar-refractivity contribution in [3.05, 3.63) is 70.8 Å². The average molecular weight is 383 g/mol. The molecule has 0 saturated carbocycles. The van der Waals surface area contributed by atoms with Gasteiger partial charge in [-0.2, -0.15) is 0 Å². The largest absolute Gasteiger partial charge is 0.454 e. The predicted molar refractivity (Wildman–Crippen MR) is 99.9 cm³/mol. The Morgan fingerprint density at radius 1 is 1.18 bits per heavy atom. The number of hydrogen-bond acceptors (Lipinski definition) is 6. The molecule has 0 bridgehead atoms. The smallest absolute Gasteiger partial charge is 0.339 e. The van der Waals surface area contributed by atoms with Gasteiger partial charge in [0.1, 0.15) is 6.10 Å². The minimum Gasteiger partial charge on any atom is -0.454 e. The Morgan fingerprint density at radius 3 is 2.71 bits per heavy atom. The highest BCUT2D eigenvalue weighted by atomic mass is 16.5. The molecule has 0 aliphatic carbocycles. The normalized spacial score (nSPS) is 15.3. The summed E-state index contributed by atoms with van der Waals surface area (Å²) in [6.07, 6.45) is 0.0583. The fourth-order valence-corrected chi connectivity index (χ4v) is 2.93. The van der Waals surface area contributed by atoms with Gasteiger partial charge >= 0.3 is 11.9 Å². The number of rotatable bonds is 7. The highest BCUT2D eigenvalue weighted by Crippen LogP contribution is 2.31. The summed E-state index contributed by atoms with van der Waals surface area (Å²) >= 11 is 0. The van der Waals surface area contributed by atoms with Gasteiger partial charge in [0.05, 0.1) is 17.7 Å². The highest BCUT2D eigenvalue weighted by molar-refractivity contribution is 5.96. The number of amides is 1. The molecular weight excluding hydrogens is 362 g/mol. The molecule has 7 nitrogen and oxygen atoms in total. The van der Waals surface area contributed by atoms with Crippen molar-refractivity contribution in [1.29, 1.82) is 0 Å². The van der Waals surface area contributed by atoms with Crippen LogP contribution < -0.4 is 5.32 Å². The van der Waals surface area contributed by atoms with E-state index in [1.807, 2.05) is 30.3 Å². The number of esters is 2. The minimum absolute atomic E-state index is 0.282. The van der Waals surface area contributed by atoms with Crippen LogP contribution in [0, 0.1) is 0 Å². The molecule has 2 aromatic rings. The molecule has 146 valence electrons. The van der Waals surface area contributed by atoms with Crippen LogP contribution in [0.25, 0.3) is 0 Å². The number of carbonyl (C=O) groups excluding carboxylic acids is 3. The van der Waals surface area contributed by atoms with Crippen LogP contribution in [-0.4, -0.2) is 44.7 Å². The zero-order valence-electron chi connectivity index (χ0n) is 15.5. The fraction of sp³-hybridized carbons (Fsp3) is 0.286. The van der Waals surface area contributed by atoms with Crippen LogP contribution in [0.1, 0.15) is 37.9 Å². The van der Waals surface area contributed by atoms with Crippen LogP contribution in [0.5, 0.6) is 0 Å². The summed E-state index contributed by atoms with van der Waals surface area (Å²) in [6, 6.07) is 14.1. The van der Waals surface area contributed by atoms with E-state index in [9.17, 15) is 14.4 Å². The maximum atomic E-state index is 12.3. The third-order valence-electron chi connectivity index (χ3n) is 4.35. The number of cyclic esters (lactones) is 1. The molecule has 7 heteroatoms. The number of carbonyl (C=O) groups is 3. The lowest BCUT2D eigenvalue weighted by molar-refractivity contribution is -0.124. The summed E-state index contributed by atoms with van der Waals surface area (Å²) < 4.78 is 15.4. The Labute approximate surface area is 162 Å². The standard InChI is InChI=1S/C21H21NO6/c1-26-10-9-22-19(23)13-27-20(24)15-7-8-17-16(11-15)12-18(28-21(17)25)14-5-3-2-4-6-14/h2-8,11,18H,9-10,12-13H2,1H3,(H,22,23)/t18-/m0/s1. The highest BCUT2D eigenvalue weighted by Gasteiger charge is 2.28. The SMILES string of the molecule is COCCNC(=O)COC(=O)c1ccc2c(c1)C[C@@H](c1ccccc1)OC2=O. The molecule has 0 radical (unpaired) electrons. The van der Waals surface area contributed by atoms with Gasteiger partial charge in [0.15, 0.2) is 6.61 Å². The van der Waals surface area contributed by atoms with E-state index in [1.54, 1.807) is 12.1 Å². The molecular formula is C21H21NO6. The summed E-state index contributed by atoms with van der Waals surface area (Å²) in [5.41, 5.74) is 2.32. The summed E-state index contributed by atoms with van der Waals surface area (Å²) in [7, 11) is 1.53. The van der Waals surface area contributed by atoms with Crippen molar-refractivity contribution in [3.63, 3.8) is 0 Å². The first-order chi connectivity index (χ1) is 13.6. The lowest BCUT2D eigenvalue weighted by Gasteiger charge is -2.25. The number of ether oxygens (including phenoxy) is 3. The van der Waals surface area contributed by atoms with E-state index >= 15 is 0 Å². The molecule has 1 aliphatic heterocycles. The van der Waals surface area contributed by atoms with Crippen molar-refractivity contribution in [3.8, 4) is 0 Å². The van der Waals surface area contributed by atoms with Crippen LogP contribution in [0.3, 0.4) is 0 Å². The van der Waals surface area contributed by atoms with Crippen molar-refractivity contribution in [2.75, 3.05) is 26.9 Å². The second-order valence-corrected chi connectivity index (χ2v) is 6.30. The maximum absolute atomic E-state index is 12.3. The van der Waals surface area contributed by atoms with Gasteiger partial charge in [0, 0.05) is 20.1 Å². The Hall–Kier alpha value is -3.19. The first-order valence-corrected chi connectivity index (χ1v) is 8.90. The predicted octanol–water partition coefficient (Wildman–Crippen LogP) is 2.06. The molecule has 0 aromatic heterocycles. The molecule has 0 fully saturated rings. The minimum atomic E-state index is -0.625. The van der Waals surface area contributed by atoms with Gasteiger partial charge < -0.3 is 19.5 Å². The molecule has 0 saturated heterocycles. The molecule has 1 amide bonds. The quantitative estimate of drug-likeness (QED) is 0.581. The van der Waals surface area contributed by atoms with Gasteiger partial charge in [-0.1, -0.05) is 30.3 Å². The molecule has 3 rings (SSSR count). The summed E-state index contributed by atoms with van der Waals surface area (Å²) in [4.78, 5) is 36.2. The summed E-state index contributed by atoms with van der Waals surface area (Å²) in [5, 5.41) is 2.57. The van der Waals surface area contributed by atoms with E-state index in [4.69, 9.17) is 14.2 Å². The first kappa shape index (κ1) is 19.6. The lowest BCUT2D eigenvalue weighted by Crippen LogP contribution is -2.31. The van der Waals surface area contributed by atoms with E-state index in [1.165, 1.54) is 13.2 Å². The van der Waals surface area contributed by atoms with Crippen molar-refractivity contribution in [2.24, 2.45) is 0 Å². The molecule has 2 aromatic carbocycles. The molecule has 0 spiro atoms. The Bertz CT molecular complexity index is 864. The molecule has 1 N–H and O–H groups in total. The van der Waals surface area contributed by atoms with Gasteiger partial charge in [0.25, 0.3) is 5.91 Å². The number of hydrogen-bond donors (Lipinski definition) is 1. The fourth-order valence-electron chi connectivity index (χ4n) is 2.93. The topological polar surface area (TPSA) is 90.9 Å². The van der Waals surface area contributed by atoms with E-state index in [0.717, 1.165) is 5.56 Å². The first-order valence-electron chi connectivity index (χ1n) is 8.90. The Balaban J connectivity index is 1.66. The molecule has 28 heavy (non-hydrogen) atoms. The lowest BCUT2D eigenvalue weighted by atomic mass is 9.93. The van der Waals surface area contributed by atoms with E-state index in [2.05, 4.69) is 5.32 Å². The zero-order chi connectivity index (χ0) is 19.9. The van der Waals surface area contributed by atoms with Crippen LogP contribution in [0.2, 0.25) is 0 Å². The Kier molecular flexibility index (Phi) is 6.39. The van der Waals surface area contributed by atoms with Gasteiger partial charge in [-0.25, -0.2) is 9.59 Å². The van der Waals surface area contributed by atoms with Gasteiger partial charge in [-0.05, 0) is 29.3 Å². The second kappa shape index (κ2) is 9.14. The summed E-state index contributed by atoms with van der Waals surface area (Å²) in [6.45, 7) is 0.340. The van der Waals surface area contributed by atoms with Crippen LogP contribution >= 0.6 is 0 Å². The van der Waals surface area contributed by atoms with Crippen molar-refractivity contribution in [1.82, 2.24) is 5.32 Å². The van der Waals surface area contributed by atoms with Crippen LogP contribution in [0.15, 0.2) is 48.5 Å². The van der Waals surface area contributed by atoms with Crippen LogP contribution in [0.4, 0.5) is 0 Å². The number of benzene rings is 2. The van der Waals surface area contributed by atoms with Gasteiger partial charge in [-0.3, -0.25) is 4.79 Å². The van der Waals surface area contributed by atoms with Crippen LogP contribution in [-0.2, 0) is 25.4 Å².